The molecule has 0 aromatic heterocycles. The van der Waals surface area contributed by atoms with Crippen LogP contribution in [0.5, 0.6) is 11.5 Å². The molecule has 1 aromatic rings. The highest BCUT2D eigenvalue weighted by Crippen LogP contribution is 2.64. The number of likely N-dealkylation sites (tertiary alicyclic amines) is 1. The van der Waals surface area contributed by atoms with Crippen molar-refractivity contribution >= 4 is 11.9 Å². The molecule has 0 amide bonds. The number of benzene rings is 1. The van der Waals surface area contributed by atoms with Gasteiger partial charge in [-0.05, 0) is 69.7 Å². The SMILES string of the molecule is CC(=O)OCCCCO[C@H]1CC[C@H]2[C@H]3Cc4ccc(OC(C)=O)c5c4[C@@]2(CCN3C)C1O5. The molecular weight excluding hydrogens is 410 g/mol. The summed E-state index contributed by atoms with van der Waals surface area (Å²) in [5.74, 6) is 1.26. The molecule has 2 fully saturated rings. The summed E-state index contributed by atoms with van der Waals surface area (Å²) in [7, 11) is 2.24. The van der Waals surface area contributed by atoms with Gasteiger partial charge in [-0.3, -0.25) is 9.59 Å². The fourth-order valence-electron chi connectivity index (χ4n) is 6.74. The predicted octanol–water partition coefficient (Wildman–Crippen LogP) is 3.01. The van der Waals surface area contributed by atoms with Gasteiger partial charge in [0.25, 0.3) is 0 Å². The van der Waals surface area contributed by atoms with Crippen molar-refractivity contribution in [3.8, 4) is 11.5 Å². The molecule has 1 spiro atoms. The number of hydrogen-bond donors (Lipinski definition) is 0. The topological polar surface area (TPSA) is 74.3 Å². The fraction of sp³-hybridized carbons (Fsp3) is 0.680. The molecule has 2 bridgehead atoms. The number of carbonyl (C=O) groups is 2. The summed E-state index contributed by atoms with van der Waals surface area (Å²) in [6.45, 7) is 4.95. The van der Waals surface area contributed by atoms with Crippen LogP contribution in [0.4, 0.5) is 0 Å². The Hall–Kier alpha value is -2.12. The van der Waals surface area contributed by atoms with Crippen molar-refractivity contribution < 1.29 is 28.5 Å². The molecule has 7 heteroatoms. The van der Waals surface area contributed by atoms with Gasteiger partial charge in [-0.1, -0.05) is 6.07 Å². The average Bonchev–Trinajstić information content (AvgIpc) is 3.10. The third kappa shape index (κ3) is 3.41. The van der Waals surface area contributed by atoms with Gasteiger partial charge in [0.1, 0.15) is 6.10 Å². The molecule has 1 saturated heterocycles. The van der Waals surface area contributed by atoms with Crippen molar-refractivity contribution in [2.45, 2.75) is 76.0 Å². The lowest BCUT2D eigenvalue weighted by Crippen LogP contribution is -2.66. The van der Waals surface area contributed by atoms with E-state index >= 15 is 0 Å². The van der Waals surface area contributed by atoms with E-state index in [1.165, 1.54) is 25.0 Å². The number of likely N-dealkylation sites (N-methyl/N-ethyl adjacent to an activating group) is 1. The second-order valence-corrected chi connectivity index (χ2v) is 9.74. The van der Waals surface area contributed by atoms with Crippen LogP contribution in [0.1, 0.15) is 57.1 Å². The minimum Gasteiger partial charge on any atom is -0.483 e. The van der Waals surface area contributed by atoms with Gasteiger partial charge in [0.2, 0.25) is 0 Å². The maximum atomic E-state index is 11.7. The van der Waals surface area contributed by atoms with Crippen molar-refractivity contribution in [2.24, 2.45) is 5.92 Å². The predicted molar refractivity (Wildman–Crippen MR) is 117 cm³/mol. The van der Waals surface area contributed by atoms with Gasteiger partial charge in [0.05, 0.1) is 12.7 Å². The largest absolute Gasteiger partial charge is 0.483 e. The van der Waals surface area contributed by atoms with Crippen LogP contribution >= 0.6 is 0 Å². The van der Waals surface area contributed by atoms with Crippen molar-refractivity contribution in [3.63, 3.8) is 0 Å². The zero-order valence-electron chi connectivity index (χ0n) is 19.2. The summed E-state index contributed by atoms with van der Waals surface area (Å²) in [5, 5.41) is 0. The maximum Gasteiger partial charge on any atom is 0.308 e. The van der Waals surface area contributed by atoms with E-state index in [0.29, 0.717) is 30.9 Å². The van der Waals surface area contributed by atoms with Gasteiger partial charge in [-0.25, -0.2) is 0 Å². The number of piperidine rings is 1. The Morgan fingerprint density at radius 2 is 1.97 bits per heavy atom. The molecule has 0 radical (unpaired) electrons. The van der Waals surface area contributed by atoms with Gasteiger partial charge in [0.15, 0.2) is 11.5 Å². The molecular formula is C25H33NO6. The van der Waals surface area contributed by atoms with Gasteiger partial charge in [0, 0.05) is 37.5 Å². The third-order valence-electron chi connectivity index (χ3n) is 7.95. The average molecular weight is 444 g/mol. The second kappa shape index (κ2) is 8.34. The summed E-state index contributed by atoms with van der Waals surface area (Å²) in [4.78, 5) is 25.2. The molecule has 0 N–H and O–H groups in total. The van der Waals surface area contributed by atoms with Crippen LogP contribution in [-0.4, -0.2) is 61.9 Å². The minimum absolute atomic E-state index is 0.00700. The number of rotatable bonds is 7. The molecule has 1 saturated carbocycles. The van der Waals surface area contributed by atoms with E-state index in [4.69, 9.17) is 18.9 Å². The first kappa shape index (κ1) is 21.7. The van der Waals surface area contributed by atoms with Crippen LogP contribution in [0.3, 0.4) is 0 Å². The van der Waals surface area contributed by atoms with E-state index in [2.05, 4.69) is 18.0 Å². The van der Waals surface area contributed by atoms with E-state index < -0.39 is 0 Å². The van der Waals surface area contributed by atoms with E-state index in [0.717, 1.165) is 50.8 Å². The smallest absolute Gasteiger partial charge is 0.308 e. The van der Waals surface area contributed by atoms with Crippen LogP contribution < -0.4 is 9.47 Å². The minimum atomic E-state index is -0.327. The number of nitrogens with zero attached hydrogens (tertiary/aromatic N) is 1. The maximum absolute atomic E-state index is 11.7. The Bertz CT molecular complexity index is 916. The normalized spacial score (nSPS) is 32.1. The first-order valence-electron chi connectivity index (χ1n) is 11.9. The Labute approximate surface area is 189 Å². The van der Waals surface area contributed by atoms with Crippen molar-refractivity contribution in [1.29, 1.82) is 0 Å². The molecule has 5 rings (SSSR count). The zero-order valence-corrected chi connectivity index (χ0v) is 19.2. The first-order valence-corrected chi connectivity index (χ1v) is 11.9. The first-order chi connectivity index (χ1) is 15.4. The molecule has 174 valence electrons. The van der Waals surface area contributed by atoms with E-state index in [1.807, 2.05) is 6.07 Å². The Morgan fingerprint density at radius 1 is 1.16 bits per heavy atom. The molecule has 1 unspecified atom stereocenters. The van der Waals surface area contributed by atoms with Crippen LogP contribution in [0, 0.1) is 5.92 Å². The quantitative estimate of drug-likeness (QED) is 0.364. The van der Waals surface area contributed by atoms with Crippen LogP contribution in [0.15, 0.2) is 12.1 Å². The Morgan fingerprint density at radius 3 is 2.75 bits per heavy atom. The fourth-order valence-corrected chi connectivity index (χ4v) is 6.74. The lowest BCUT2D eigenvalue weighted by atomic mass is 9.51. The van der Waals surface area contributed by atoms with Gasteiger partial charge >= 0.3 is 11.9 Å². The number of ether oxygens (including phenoxy) is 4. The standard InChI is InChI=1S/C25H33NO6/c1-15(27)29-12-4-5-13-30-21-9-7-18-19-14-17-6-8-20(31-16(2)28)23-22(17)25(18,24(21)32-23)10-11-26(19)3/h6,8,18-19,21,24H,4-5,7,9-14H2,1-3H3/t18-,19+,21-,24?,25-/m0/s1. The molecule has 4 aliphatic rings. The van der Waals surface area contributed by atoms with E-state index in [-0.39, 0.29) is 29.6 Å². The molecule has 2 aliphatic heterocycles. The third-order valence-corrected chi connectivity index (χ3v) is 7.95. The Kier molecular flexibility index (Phi) is 5.66. The van der Waals surface area contributed by atoms with Crippen molar-refractivity contribution in [2.75, 3.05) is 26.8 Å². The lowest BCUT2D eigenvalue weighted by Gasteiger charge is -2.58. The number of esters is 2. The number of hydrogen-bond acceptors (Lipinski definition) is 7. The van der Waals surface area contributed by atoms with Gasteiger partial charge < -0.3 is 23.8 Å². The molecule has 5 atom stereocenters. The summed E-state index contributed by atoms with van der Waals surface area (Å²) >= 11 is 0. The summed E-state index contributed by atoms with van der Waals surface area (Å²) in [6.07, 6.45) is 5.72. The molecule has 2 heterocycles. The van der Waals surface area contributed by atoms with Crippen LogP contribution in [0.2, 0.25) is 0 Å². The number of carbonyl (C=O) groups excluding carboxylic acids is 2. The molecule has 2 aliphatic carbocycles. The zero-order chi connectivity index (χ0) is 22.5. The monoisotopic (exact) mass is 443 g/mol. The molecule has 7 nitrogen and oxygen atoms in total. The van der Waals surface area contributed by atoms with Crippen molar-refractivity contribution in [1.82, 2.24) is 4.90 Å². The highest BCUT2D eigenvalue weighted by atomic mass is 16.6. The highest BCUT2D eigenvalue weighted by molar-refractivity contribution is 5.72. The number of unbranched alkanes of at least 4 members (excludes halogenated alkanes) is 1. The Balaban J connectivity index is 1.41. The van der Waals surface area contributed by atoms with E-state index in [1.54, 1.807) is 0 Å². The van der Waals surface area contributed by atoms with Gasteiger partial charge in [-0.15, -0.1) is 0 Å². The molecule has 1 aromatic carbocycles. The highest BCUT2D eigenvalue weighted by Gasteiger charge is 2.65. The van der Waals surface area contributed by atoms with Crippen LogP contribution in [0.25, 0.3) is 0 Å². The van der Waals surface area contributed by atoms with Crippen molar-refractivity contribution in [3.05, 3.63) is 23.3 Å². The lowest BCUT2D eigenvalue weighted by molar-refractivity contribution is -0.141. The molecule has 32 heavy (non-hydrogen) atoms. The van der Waals surface area contributed by atoms with Crippen LogP contribution in [-0.2, 0) is 30.9 Å². The second-order valence-electron chi connectivity index (χ2n) is 9.74. The van der Waals surface area contributed by atoms with E-state index in [9.17, 15) is 9.59 Å². The van der Waals surface area contributed by atoms with Gasteiger partial charge in [-0.2, -0.15) is 0 Å². The summed E-state index contributed by atoms with van der Waals surface area (Å²) in [5.41, 5.74) is 2.53. The summed E-state index contributed by atoms with van der Waals surface area (Å²) < 4.78 is 23.7. The summed E-state index contributed by atoms with van der Waals surface area (Å²) in [6, 6.07) is 4.54.